The number of rotatable bonds is 2. The molecule has 5 heteroatoms. The van der Waals surface area contributed by atoms with Gasteiger partial charge in [-0.1, -0.05) is 0 Å². The highest BCUT2D eigenvalue weighted by atomic mass is 15.4. The molecule has 0 amide bonds. The Kier molecular flexibility index (Phi) is 3.14. The van der Waals surface area contributed by atoms with Gasteiger partial charge in [-0.25, -0.2) is 4.98 Å². The molecule has 5 nitrogen and oxygen atoms in total. The Morgan fingerprint density at radius 2 is 2.21 bits per heavy atom. The summed E-state index contributed by atoms with van der Waals surface area (Å²) in [6.07, 6.45) is 4.03. The summed E-state index contributed by atoms with van der Waals surface area (Å²) >= 11 is 0. The fourth-order valence-electron chi connectivity index (χ4n) is 2.93. The van der Waals surface area contributed by atoms with Crippen molar-refractivity contribution < 1.29 is 0 Å². The van der Waals surface area contributed by atoms with Crippen molar-refractivity contribution >= 4 is 11.5 Å². The third-order valence-corrected chi connectivity index (χ3v) is 4.11. The fourth-order valence-corrected chi connectivity index (χ4v) is 2.93. The van der Waals surface area contributed by atoms with E-state index in [0.717, 1.165) is 24.6 Å². The minimum absolute atomic E-state index is 0.525. The Morgan fingerprint density at radius 1 is 1.37 bits per heavy atom. The summed E-state index contributed by atoms with van der Waals surface area (Å²) in [5.74, 6) is 1.72. The van der Waals surface area contributed by atoms with E-state index in [1.54, 1.807) is 6.33 Å². The molecule has 2 aromatic rings. The van der Waals surface area contributed by atoms with E-state index in [1.165, 1.54) is 18.4 Å². The zero-order chi connectivity index (χ0) is 13.4. The summed E-state index contributed by atoms with van der Waals surface area (Å²) in [6.45, 7) is 6.15. The summed E-state index contributed by atoms with van der Waals surface area (Å²) < 4.78 is 1.93. The van der Waals surface area contributed by atoms with Gasteiger partial charge in [-0.3, -0.25) is 0 Å². The first kappa shape index (κ1) is 12.4. The normalized spacial score (nSPS) is 24.1. The van der Waals surface area contributed by atoms with Crippen LogP contribution in [0.4, 0.5) is 5.82 Å². The first-order valence-corrected chi connectivity index (χ1v) is 6.96. The predicted molar refractivity (Wildman–Crippen MR) is 76.3 cm³/mol. The summed E-state index contributed by atoms with van der Waals surface area (Å²) in [7, 11) is 0. The highest BCUT2D eigenvalue weighted by molar-refractivity contribution is 5.53. The molecule has 0 saturated carbocycles. The number of nitrogens with two attached hydrogens (primary N) is 1. The molecule has 1 saturated heterocycles. The van der Waals surface area contributed by atoms with E-state index in [-0.39, 0.29) is 0 Å². The molecule has 1 aliphatic heterocycles. The monoisotopic (exact) mass is 259 g/mol. The van der Waals surface area contributed by atoms with Crippen molar-refractivity contribution in [1.82, 2.24) is 14.6 Å². The number of hydrogen-bond donors (Lipinski definition) is 1. The standard InChI is InChI=1S/C14H21N5/c1-10-5-13-16-9-17-19(13)14(6-10)18-8-12(7-15)4-3-11(18)2/h5-6,9,11-12H,3-4,7-8,15H2,1-2H3. The van der Waals surface area contributed by atoms with Gasteiger partial charge in [0.15, 0.2) is 5.65 Å². The quantitative estimate of drug-likeness (QED) is 0.890. The Morgan fingerprint density at radius 3 is 3.00 bits per heavy atom. The first-order chi connectivity index (χ1) is 9.19. The van der Waals surface area contributed by atoms with E-state index in [2.05, 4.69) is 41.0 Å². The van der Waals surface area contributed by atoms with Crippen LogP contribution in [0.15, 0.2) is 18.5 Å². The average molecular weight is 259 g/mol. The highest BCUT2D eigenvalue weighted by Crippen LogP contribution is 2.28. The summed E-state index contributed by atoms with van der Waals surface area (Å²) in [6, 6.07) is 4.78. The van der Waals surface area contributed by atoms with Crippen molar-refractivity contribution in [3.8, 4) is 0 Å². The average Bonchev–Trinajstić information content (AvgIpc) is 2.86. The van der Waals surface area contributed by atoms with Crippen molar-refractivity contribution in [2.45, 2.75) is 32.7 Å². The minimum Gasteiger partial charge on any atom is -0.353 e. The molecule has 0 radical (unpaired) electrons. The van der Waals surface area contributed by atoms with E-state index in [9.17, 15) is 0 Å². The predicted octanol–water partition coefficient (Wildman–Crippen LogP) is 1.60. The Labute approximate surface area is 113 Å². The zero-order valence-electron chi connectivity index (χ0n) is 11.6. The van der Waals surface area contributed by atoms with Crippen molar-refractivity contribution in [2.24, 2.45) is 11.7 Å². The number of anilines is 1. The molecule has 0 aromatic carbocycles. The van der Waals surface area contributed by atoms with Gasteiger partial charge in [-0.2, -0.15) is 9.61 Å². The lowest BCUT2D eigenvalue weighted by Crippen LogP contribution is -2.44. The van der Waals surface area contributed by atoms with Crippen molar-refractivity contribution in [1.29, 1.82) is 0 Å². The molecule has 3 rings (SSSR count). The maximum Gasteiger partial charge on any atom is 0.157 e. The van der Waals surface area contributed by atoms with Gasteiger partial charge in [-0.05, 0) is 56.8 Å². The van der Waals surface area contributed by atoms with Crippen LogP contribution < -0.4 is 10.6 Å². The Hall–Kier alpha value is -1.62. The van der Waals surface area contributed by atoms with Crippen LogP contribution in [-0.2, 0) is 0 Å². The Bertz CT molecular complexity index is 576. The van der Waals surface area contributed by atoms with Crippen LogP contribution >= 0.6 is 0 Å². The second kappa shape index (κ2) is 4.81. The third kappa shape index (κ3) is 2.18. The molecular formula is C14H21N5. The largest absolute Gasteiger partial charge is 0.353 e. The number of piperidine rings is 1. The van der Waals surface area contributed by atoms with Gasteiger partial charge in [0, 0.05) is 12.6 Å². The maximum atomic E-state index is 5.85. The molecule has 2 atom stereocenters. The number of fused-ring (bicyclic) bond motifs is 1. The molecule has 1 fully saturated rings. The highest BCUT2D eigenvalue weighted by Gasteiger charge is 2.26. The summed E-state index contributed by atoms with van der Waals surface area (Å²) in [4.78, 5) is 6.73. The lowest BCUT2D eigenvalue weighted by Gasteiger charge is -2.39. The van der Waals surface area contributed by atoms with E-state index < -0.39 is 0 Å². The molecule has 2 aromatic heterocycles. The van der Waals surface area contributed by atoms with Crippen LogP contribution in [0.3, 0.4) is 0 Å². The third-order valence-electron chi connectivity index (χ3n) is 4.11. The molecule has 0 spiro atoms. The van der Waals surface area contributed by atoms with Gasteiger partial charge >= 0.3 is 0 Å². The SMILES string of the molecule is Cc1cc(N2CC(CN)CCC2C)n2ncnc2c1. The van der Waals surface area contributed by atoms with Crippen LogP contribution in [0.2, 0.25) is 0 Å². The van der Waals surface area contributed by atoms with E-state index >= 15 is 0 Å². The molecule has 102 valence electrons. The van der Waals surface area contributed by atoms with Crippen LogP contribution in [-0.4, -0.2) is 33.7 Å². The van der Waals surface area contributed by atoms with E-state index in [1.807, 2.05) is 4.52 Å². The maximum absolute atomic E-state index is 5.85. The molecule has 1 aliphatic rings. The van der Waals surface area contributed by atoms with Crippen LogP contribution in [0, 0.1) is 12.8 Å². The van der Waals surface area contributed by atoms with Crippen molar-refractivity contribution in [3.63, 3.8) is 0 Å². The summed E-state index contributed by atoms with van der Waals surface area (Å²) in [5.41, 5.74) is 7.98. The number of aromatic nitrogens is 3. The number of hydrogen-bond acceptors (Lipinski definition) is 4. The molecule has 0 aliphatic carbocycles. The van der Waals surface area contributed by atoms with Gasteiger partial charge in [0.1, 0.15) is 12.1 Å². The summed E-state index contributed by atoms with van der Waals surface area (Å²) in [5, 5.41) is 4.35. The zero-order valence-corrected chi connectivity index (χ0v) is 11.6. The topological polar surface area (TPSA) is 59.5 Å². The van der Waals surface area contributed by atoms with E-state index in [0.29, 0.717) is 12.0 Å². The number of pyridine rings is 1. The van der Waals surface area contributed by atoms with Crippen LogP contribution in [0.1, 0.15) is 25.3 Å². The lowest BCUT2D eigenvalue weighted by atomic mass is 9.93. The van der Waals surface area contributed by atoms with Crippen molar-refractivity contribution in [3.05, 3.63) is 24.0 Å². The second-order valence-electron chi connectivity index (χ2n) is 5.60. The molecular weight excluding hydrogens is 238 g/mol. The second-order valence-corrected chi connectivity index (χ2v) is 5.60. The molecule has 19 heavy (non-hydrogen) atoms. The fraction of sp³-hybridized carbons (Fsp3) is 0.571. The molecule has 0 bridgehead atoms. The van der Waals surface area contributed by atoms with Gasteiger partial charge < -0.3 is 10.6 Å². The molecule has 2 N–H and O–H groups in total. The Balaban J connectivity index is 2.04. The van der Waals surface area contributed by atoms with E-state index in [4.69, 9.17) is 5.73 Å². The van der Waals surface area contributed by atoms with Gasteiger partial charge in [0.25, 0.3) is 0 Å². The molecule has 2 unspecified atom stereocenters. The van der Waals surface area contributed by atoms with Crippen molar-refractivity contribution in [2.75, 3.05) is 18.0 Å². The lowest BCUT2D eigenvalue weighted by molar-refractivity contribution is 0.370. The minimum atomic E-state index is 0.525. The number of nitrogens with zero attached hydrogens (tertiary/aromatic N) is 4. The number of aryl methyl sites for hydroxylation is 1. The molecule has 3 heterocycles. The smallest absolute Gasteiger partial charge is 0.157 e. The van der Waals surface area contributed by atoms with Gasteiger partial charge in [0.05, 0.1) is 0 Å². The van der Waals surface area contributed by atoms with Gasteiger partial charge in [-0.15, -0.1) is 0 Å². The first-order valence-electron chi connectivity index (χ1n) is 6.96. The van der Waals surface area contributed by atoms with Crippen LogP contribution in [0.5, 0.6) is 0 Å². The van der Waals surface area contributed by atoms with Crippen LogP contribution in [0.25, 0.3) is 5.65 Å². The van der Waals surface area contributed by atoms with Gasteiger partial charge in [0.2, 0.25) is 0 Å².